The number of hydrogen-bond donors (Lipinski definition) is 1. The third-order valence-corrected chi connectivity index (χ3v) is 5.69. The molecule has 2 aromatic heterocycles. The van der Waals surface area contributed by atoms with Gasteiger partial charge in [0.25, 0.3) is 11.5 Å². The maximum absolute atomic E-state index is 12.9. The Hall–Kier alpha value is -3.88. The molecular formula is C24H26N6O3. The Morgan fingerprint density at radius 3 is 2.67 bits per heavy atom. The van der Waals surface area contributed by atoms with Gasteiger partial charge in [-0.25, -0.2) is 14.6 Å². The molecule has 9 nitrogen and oxygen atoms in total. The molecule has 9 heteroatoms. The second-order valence-electron chi connectivity index (χ2n) is 8.11. The number of nitrogens with zero attached hydrogens (tertiary/aromatic N) is 5. The molecule has 1 aliphatic heterocycles. The van der Waals surface area contributed by atoms with Crippen LogP contribution in [0, 0.1) is 13.8 Å². The van der Waals surface area contributed by atoms with Crippen molar-refractivity contribution in [2.24, 2.45) is 0 Å². The summed E-state index contributed by atoms with van der Waals surface area (Å²) >= 11 is 0. The van der Waals surface area contributed by atoms with E-state index in [-0.39, 0.29) is 30.0 Å². The van der Waals surface area contributed by atoms with Crippen molar-refractivity contribution >= 4 is 11.8 Å². The smallest absolute Gasteiger partial charge is 0.267 e. The minimum absolute atomic E-state index is 0.129. The number of aryl methyl sites for hydroxylation is 2. The highest BCUT2D eigenvalue weighted by Gasteiger charge is 2.32. The Kier molecular flexibility index (Phi) is 6.58. The maximum atomic E-state index is 12.9. The molecule has 3 heterocycles. The van der Waals surface area contributed by atoms with E-state index in [1.54, 1.807) is 24.8 Å². The van der Waals surface area contributed by atoms with E-state index in [4.69, 9.17) is 0 Å². The lowest BCUT2D eigenvalue weighted by Gasteiger charge is -2.24. The van der Waals surface area contributed by atoms with Crippen LogP contribution in [0.25, 0.3) is 0 Å². The van der Waals surface area contributed by atoms with Crippen molar-refractivity contribution in [1.82, 2.24) is 30.0 Å². The van der Waals surface area contributed by atoms with E-state index >= 15 is 0 Å². The summed E-state index contributed by atoms with van der Waals surface area (Å²) in [6, 6.07) is 12.4. The predicted molar refractivity (Wildman–Crippen MR) is 121 cm³/mol. The van der Waals surface area contributed by atoms with E-state index in [9.17, 15) is 14.4 Å². The third kappa shape index (κ3) is 5.14. The van der Waals surface area contributed by atoms with Crippen LogP contribution in [0.15, 0.2) is 53.5 Å². The van der Waals surface area contributed by atoms with E-state index in [1.165, 1.54) is 16.9 Å². The first-order valence-corrected chi connectivity index (χ1v) is 10.9. The van der Waals surface area contributed by atoms with E-state index < -0.39 is 0 Å². The van der Waals surface area contributed by atoms with Crippen molar-refractivity contribution < 1.29 is 9.59 Å². The van der Waals surface area contributed by atoms with E-state index in [0.717, 1.165) is 18.4 Å². The first-order chi connectivity index (χ1) is 15.9. The van der Waals surface area contributed by atoms with E-state index in [0.29, 0.717) is 35.9 Å². The fourth-order valence-corrected chi connectivity index (χ4v) is 3.96. The molecule has 2 amide bonds. The lowest BCUT2D eigenvalue weighted by molar-refractivity contribution is -0.133. The molecule has 170 valence electrons. The van der Waals surface area contributed by atoms with Gasteiger partial charge in [0.1, 0.15) is 6.54 Å². The third-order valence-electron chi connectivity index (χ3n) is 5.69. The zero-order chi connectivity index (χ0) is 23.4. The van der Waals surface area contributed by atoms with Crippen molar-refractivity contribution in [3.63, 3.8) is 0 Å². The van der Waals surface area contributed by atoms with Crippen LogP contribution >= 0.6 is 0 Å². The summed E-state index contributed by atoms with van der Waals surface area (Å²) in [5.41, 5.74) is 2.31. The molecule has 1 atom stereocenters. The number of carbonyl (C=O) groups is 2. The van der Waals surface area contributed by atoms with Gasteiger partial charge in [-0.1, -0.05) is 30.3 Å². The Morgan fingerprint density at radius 2 is 1.91 bits per heavy atom. The second kappa shape index (κ2) is 9.72. The van der Waals surface area contributed by atoms with Gasteiger partial charge in [-0.2, -0.15) is 5.10 Å². The number of nitrogens with one attached hydrogen (secondary N) is 1. The summed E-state index contributed by atoms with van der Waals surface area (Å²) in [4.78, 5) is 48.3. The molecule has 1 aromatic carbocycles. The lowest BCUT2D eigenvalue weighted by Crippen LogP contribution is -2.37. The highest BCUT2D eigenvalue weighted by atomic mass is 16.2. The van der Waals surface area contributed by atoms with Gasteiger partial charge in [0.15, 0.2) is 5.82 Å². The van der Waals surface area contributed by atoms with Gasteiger partial charge in [-0.3, -0.25) is 14.4 Å². The van der Waals surface area contributed by atoms with Crippen molar-refractivity contribution in [1.29, 1.82) is 0 Å². The van der Waals surface area contributed by atoms with Crippen molar-refractivity contribution in [2.75, 3.05) is 6.54 Å². The maximum Gasteiger partial charge on any atom is 0.267 e. The van der Waals surface area contributed by atoms with E-state index in [2.05, 4.69) is 20.4 Å². The first-order valence-electron chi connectivity index (χ1n) is 10.9. The van der Waals surface area contributed by atoms with Crippen molar-refractivity contribution in [3.05, 3.63) is 87.4 Å². The molecular weight excluding hydrogens is 420 g/mol. The van der Waals surface area contributed by atoms with Gasteiger partial charge in [0, 0.05) is 25.4 Å². The molecule has 0 bridgehead atoms. The summed E-state index contributed by atoms with van der Waals surface area (Å²) in [7, 11) is 0. The SMILES string of the molecule is Cc1ccc(=O)n(CC(=O)N2CCCC2c2ncc(C(=O)NCc3ccccc3)c(C)n2)n1. The Labute approximate surface area is 191 Å². The Morgan fingerprint density at radius 1 is 1.12 bits per heavy atom. The van der Waals surface area contributed by atoms with Gasteiger partial charge >= 0.3 is 0 Å². The van der Waals surface area contributed by atoms with E-state index in [1.807, 2.05) is 30.3 Å². The summed E-state index contributed by atoms with van der Waals surface area (Å²) in [5, 5.41) is 7.03. The standard InChI is InChI=1S/C24H26N6O3/c1-16-10-11-21(31)30(28-16)15-22(32)29-12-6-9-20(29)23-25-14-19(17(2)27-23)24(33)26-13-18-7-4-3-5-8-18/h3-5,7-8,10-11,14,20H,6,9,12-13,15H2,1-2H3,(H,26,33). The molecule has 1 fully saturated rings. The fourth-order valence-electron chi connectivity index (χ4n) is 3.96. The van der Waals surface area contributed by atoms with Gasteiger partial charge in [-0.05, 0) is 38.3 Å². The monoisotopic (exact) mass is 446 g/mol. The zero-order valence-corrected chi connectivity index (χ0v) is 18.7. The van der Waals surface area contributed by atoms with Crippen LogP contribution in [0.2, 0.25) is 0 Å². The molecule has 33 heavy (non-hydrogen) atoms. The number of aromatic nitrogens is 4. The number of benzene rings is 1. The average Bonchev–Trinajstić information content (AvgIpc) is 3.31. The summed E-state index contributed by atoms with van der Waals surface area (Å²) in [6.45, 7) is 4.38. The molecule has 0 radical (unpaired) electrons. The van der Waals surface area contributed by atoms with Crippen LogP contribution in [0.5, 0.6) is 0 Å². The van der Waals surface area contributed by atoms with Gasteiger partial charge in [0.2, 0.25) is 5.91 Å². The Bertz CT molecular complexity index is 1220. The second-order valence-corrected chi connectivity index (χ2v) is 8.11. The van der Waals surface area contributed by atoms with Crippen LogP contribution in [-0.4, -0.2) is 43.0 Å². The largest absolute Gasteiger partial charge is 0.348 e. The molecule has 1 N–H and O–H groups in total. The quantitative estimate of drug-likeness (QED) is 0.620. The average molecular weight is 447 g/mol. The number of carbonyl (C=O) groups excluding carboxylic acids is 2. The number of hydrogen-bond acceptors (Lipinski definition) is 6. The molecule has 1 unspecified atom stereocenters. The topological polar surface area (TPSA) is 110 Å². The minimum Gasteiger partial charge on any atom is -0.348 e. The summed E-state index contributed by atoms with van der Waals surface area (Å²) in [5.74, 6) is 0.0540. The van der Waals surface area contributed by atoms with Gasteiger partial charge in [0.05, 0.1) is 23.0 Å². The molecule has 0 saturated carbocycles. The zero-order valence-electron chi connectivity index (χ0n) is 18.7. The van der Waals surface area contributed by atoms with Gasteiger partial charge in [-0.15, -0.1) is 0 Å². The van der Waals surface area contributed by atoms with Crippen molar-refractivity contribution in [3.8, 4) is 0 Å². The fraction of sp³-hybridized carbons (Fsp3) is 0.333. The number of likely N-dealkylation sites (tertiary alicyclic amines) is 1. The minimum atomic E-state index is -0.317. The molecule has 4 rings (SSSR count). The van der Waals surface area contributed by atoms with Crippen LogP contribution in [0.4, 0.5) is 0 Å². The van der Waals surface area contributed by atoms with Crippen molar-refractivity contribution in [2.45, 2.75) is 45.8 Å². The lowest BCUT2D eigenvalue weighted by atomic mass is 10.1. The molecule has 1 saturated heterocycles. The van der Waals surface area contributed by atoms with Crippen LogP contribution in [0.1, 0.15) is 52.0 Å². The number of amides is 2. The molecule has 0 spiro atoms. The molecule has 3 aromatic rings. The number of rotatable bonds is 6. The first kappa shape index (κ1) is 22.3. The van der Waals surface area contributed by atoms with Gasteiger partial charge < -0.3 is 10.2 Å². The van der Waals surface area contributed by atoms with Crippen LogP contribution < -0.4 is 10.9 Å². The summed E-state index contributed by atoms with van der Waals surface area (Å²) in [6.07, 6.45) is 3.06. The highest BCUT2D eigenvalue weighted by Crippen LogP contribution is 2.30. The predicted octanol–water partition coefficient (Wildman–Crippen LogP) is 1.94. The highest BCUT2D eigenvalue weighted by molar-refractivity contribution is 5.94. The molecule has 1 aliphatic rings. The van der Waals surface area contributed by atoms with Crippen LogP contribution in [0.3, 0.4) is 0 Å². The molecule has 0 aliphatic carbocycles. The normalized spacial score (nSPS) is 15.5. The summed E-state index contributed by atoms with van der Waals surface area (Å²) < 4.78 is 1.18. The van der Waals surface area contributed by atoms with Crippen LogP contribution in [-0.2, 0) is 17.9 Å². The Balaban J connectivity index is 1.46.